The predicted molar refractivity (Wildman–Crippen MR) is 89.8 cm³/mol. The number of benzene rings is 1. The minimum absolute atomic E-state index is 0.0876. The quantitative estimate of drug-likeness (QED) is 0.696. The average Bonchev–Trinajstić information content (AvgIpc) is 3.20. The molecule has 1 aliphatic rings. The summed E-state index contributed by atoms with van der Waals surface area (Å²) in [6.45, 7) is 1.81. The van der Waals surface area contributed by atoms with Crippen LogP contribution in [0.2, 0.25) is 0 Å². The second kappa shape index (κ2) is 7.42. The predicted octanol–water partition coefficient (Wildman–Crippen LogP) is 1.19. The number of amides is 1. The lowest BCUT2D eigenvalue weighted by Crippen LogP contribution is -2.39. The SMILES string of the molecule is O=Cc1ccc(C(=O)NCC2CC(O)CN2Cc2ccccc2)[nH]1. The van der Waals surface area contributed by atoms with E-state index >= 15 is 0 Å². The Balaban J connectivity index is 1.58. The Morgan fingerprint density at radius 2 is 2.08 bits per heavy atom. The Morgan fingerprint density at radius 3 is 2.79 bits per heavy atom. The average molecular weight is 327 g/mol. The van der Waals surface area contributed by atoms with Crippen molar-refractivity contribution >= 4 is 12.2 Å². The number of nitrogens with zero attached hydrogens (tertiary/aromatic N) is 1. The maximum absolute atomic E-state index is 12.1. The summed E-state index contributed by atoms with van der Waals surface area (Å²) < 4.78 is 0. The van der Waals surface area contributed by atoms with Gasteiger partial charge in [0.25, 0.3) is 5.91 Å². The van der Waals surface area contributed by atoms with Gasteiger partial charge in [-0.15, -0.1) is 0 Å². The van der Waals surface area contributed by atoms with Gasteiger partial charge in [-0.25, -0.2) is 0 Å². The molecule has 1 aliphatic heterocycles. The number of nitrogens with one attached hydrogen (secondary N) is 2. The van der Waals surface area contributed by atoms with Gasteiger partial charge in [0.05, 0.1) is 11.8 Å². The zero-order valence-electron chi connectivity index (χ0n) is 13.3. The van der Waals surface area contributed by atoms with Crippen molar-refractivity contribution in [2.24, 2.45) is 0 Å². The zero-order chi connectivity index (χ0) is 16.9. The Hall–Kier alpha value is -2.44. The topological polar surface area (TPSA) is 85.4 Å². The summed E-state index contributed by atoms with van der Waals surface area (Å²) in [6.07, 6.45) is 0.936. The van der Waals surface area contributed by atoms with Crippen LogP contribution in [0.3, 0.4) is 0 Å². The molecule has 0 radical (unpaired) electrons. The molecule has 2 aromatic rings. The Labute approximate surface area is 140 Å². The van der Waals surface area contributed by atoms with Crippen LogP contribution in [0.25, 0.3) is 0 Å². The van der Waals surface area contributed by atoms with E-state index in [4.69, 9.17) is 0 Å². The van der Waals surface area contributed by atoms with Crippen molar-refractivity contribution in [2.75, 3.05) is 13.1 Å². The summed E-state index contributed by atoms with van der Waals surface area (Å²) in [6, 6.07) is 13.3. The minimum Gasteiger partial charge on any atom is -0.392 e. The molecule has 6 heteroatoms. The number of carbonyl (C=O) groups excluding carboxylic acids is 2. The fourth-order valence-electron chi connectivity index (χ4n) is 3.10. The molecule has 3 rings (SSSR count). The van der Waals surface area contributed by atoms with Gasteiger partial charge < -0.3 is 15.4 Å². The third kappa shape index (κ3) is 3.90. The van der Waals surface area contributed by atoms with Crippen LogP contribution >= 0.6 is 0 Å². The molecule has 2 unspecified atom stereocenters. The molecule has 126 valence electrons. The first-order valence-electron chi connectivity index (χ1n) is 8.04. The van der Waals surface area contributed by atoms with E-state index in [1.54, 1.807) is 12.1 Å². The highest BCUT2D eigenvalue weighted by molar-refractivity contribution is 5.93. The molecule has 0 spiro atoms. The first-order chi connectivity index (χ1) is 11.7. The van der Waals surface area contributed by atoms with Crippen LogP contribution in [0.4, 0.5) is 0 Å². The summed E-state index contributed by atoms with van der Waals surface area (Å²) >= 11 is 0. The van der Waals surface area contributed by atoms with Gasteiger partial charge in [-0.05, 0) is 24.1 Å². The lowest BCUT2D eigenvalue weighted by atomic mass is 10.1. The van der Waals surface area contributed by atoms with Crippen LogP contribution in [-0.4, -0.2) is 52.4 Å². The molecule has 1 fully saturated rings. The van der Waals surface area contributed by atoms with Crippen LogP contribution in [-0.2, 0) is 6.54 Å². The lowest BCUT2D eigenvalue weighted by Gasteiger charge is -2.24. The number of carbonyl (C=O) groups is 2. The minimum atomic E-state index is -0.372. The van der Waals surface area contributed by atoms with E-state index in [2.05, 4.69) is 27.3 Å². The monoisotopic (exact) mass is 327 g/mol. The molecular weight excluding hydrogens is 306 g/mol. The molecule has 0 bridgehead atoms. The molecule has 1 aromatic carbocycles. The number of aldehydes is 1. The number of likely N-dealkylation sites (tertiary alicyclic amines) is 1. The number of H-pyrrole nitrogens is 1. The van der Waals surface area contributed by atoms with Crippen LogP contribution in [0.15, 0.2) is 42.5 Å². The van der Waals surface area contributed by atoms with Crippen molar-refractivity contribution in [2.45, 2.75) is 25.1 Å². The largest absolute Gasteiger partial charge is 0.392 e. The van der Waals surface area contributed by atoms with Gasteiger partial charge in [-0.1, -0.05) is 30.3 Å². The van der Waals surface area contributed by atoms with Crippen molar-refractivity contribution in [3.05, 3.63) is 59.4 Å². The Kier molecular flexibility index (Phi) is 5.08. The molecule has 3 N–H and O–H groups in total. The van der Waals surface area contributed by atoms with Crippen molar-refractivity contribution in [1.82, 2.24) is 15.2 Å². The van der Waals surface area contributed by atoms with Crippen LogP contribution < -0.4 is 5.32 Å². The second-order valence-corrected chi connectivity index (χ2v) is 6.11. The van der Waals surface area contributed by atoms with Crippen molar-refractivity contribution in [1.29, 1.82) is 0 Å². The van der Waals surface area contributed by atoms with Crippen molar-refractivity contribution in [3.8, 4) is 0 Å². The third-order valence-electron chi connectivity index (χ3n) is 4.31. The van der Waals surface area contributed by atoms with Gasteiger partial charge >= 0.3 is 0 Å². The number of aliphatic hydroxyl groups excluding tert-OH is 1. The van der Waals surface area contributed by atoms with Gasteiger partial charge in [0.2, 0.25) is 0 Å². The van der Waals surface area contributed by atoms with E-state index in [0.29, 0.717) is 37.2 Å². The first-order valence-corrected chi connectivity index (χ1v) is 8.04. The highest BCUT2D eigenvalue weighted by Gasteiger charge is 2.31. The molecule has 1 amide bonds. The number of rotatable bonds is 6. The van der Waals surface area contributed by atoms with Gasteiger partial charge in [0.1, 0.15) is 5.69 Å². The van der Waals surface area contributed by atoms with Crippen LogP contribution in [0.1, 0.15) is 33.0 Å². The molecule has 6 nitrogen and oxygen atoms in total. The van der Waals surface area contributed by atoms with E-state index in [-0.39, 0.29) is 18.1 Å². The van der Waals surface area contributed by atoms with E-state index in [1.807, 2.05) is 18.2 Å². The lowest BCUT2D eigenvalue weighted by molar-refractivity contribution is 0.0935. The maximum atomic E-state index is 12.1. The molecule has 1 saturated heterocycles. The number of aromatic amines is 1. The number of aliphatic hydroxyl groups is 1. The van der Waals surface area contributed by atoms with Crippen molar-refractivity contribution in [3.63, 3.8) is 0 Å². The van der Waals surface area contributed by atoms with Crippen molar-refractivity contribution < 1.29 is 14.7 Å². The molecule has 0 aliphatic carbocycles. The summed E-state index contributed by atoms with van der Waals surface area (Å²) in [5.74, 6) is -0.246. The molecular formula is C18H21N3O3. The Bertz CT molecular complexity index is 699. The fourth-order valence-corrected chi connectivity index (χ4v) is 3.10. The smallest absolute Gasteiger partial charge is 0.267 e. The van der Waals surface area contributed by atoms with Gasteiger partial charge in [-0.3, -0.25) is 14.5 Å². The van der Waals surface area contributed by atoms with Crippen LogP contribution in [0.5, 0.6) is 0 Å². The van der Waals surface area contributed by atoms with E-state index < -0.39 is 0 Å². The molecule has 2 atom stereocenters. The summed E-state index contributed by atoms with van der Waals surface area (Å²) in [7, 11) is 0. The Morgan fingerprint density at radius 1 is 1.29 bits per heavy atom. The van der Waals surface area contributed by atoms with E-state index in [0.717, 1.165) is 6.54 Å². The standard InChI is InChI=1S/C18H21N3O3/c22-12-14-6-7-17(20-14)18(24)19-9-15-8-16(23)11-21(15)10-13-4-2-1-3-5-13/h1-7,12,15-16,20,23H,8-11H2,(H,19,24). The summed E-state index contributed by atoms with van der Waals surface area (Å²) in [5, 5.41) is 12.8. The fraction of sp³-hybridized carbons (Fsp3) is 0.333. The number of aromatic nitrogens is 1. The summed E-state index contributed by atoms with van der Waals surface area (Å²) in [5.41, 5.74) is 1.93. The van der Waals surface area contributed by atoms with Gasteiger partial charge in [0.15, 0.2) is 6.29 Å². The zero-order valence-corrected chi connectivity index (χ0v) is 13.3. The molecule has 2 heterocycles. The molecule has 1 aromatic heterocycles. The highest BCUT2D eigenvalue weighted by Crippen LogP contribution is 2.20. The normalized spacial score (nSPS) is 20.9. The highest BCUT2D eigenvalue weighted by atomic mass is 16.3. The number of hydrogen-bond donors (Lipinski definition) is 3. The van der Waals surface area contributed by atoms with E-state index in [9.17, 15) is 14.7 Å². The first kappa shape index (κ1) is 16.4. The molecule has 24 heavy (non-hydrogen) atoms. The third-order valence-corrected chi connectivity index (χ3v) is 4.31. The van der Waals surface area contributed by atoms with Gasteiger partial charge in [-0.2, -0.15) is 0 Å². The van der Waals surface area contributed by atoms with Crippen LogP contribution in [0, 0.1) is 0 Å². The molecule has 0 saturated carbocycles. The summed E-state index contributed by atoms with van der Waals surface area (Å²) in [4.78, 5) is 27.7. The maximum Gasteiger partial charge on any atom is 0.267 e. The number of hydrogen-bond acceptors (Lipinski definition) is 4. The number of β-amino-alcohol motifs (C(OH)–C–C–N with tert-alkyl or cyclic N) is 1. The van der Waals surface area contributed by atoms with E-state index in [1.165, 1.54) is 5.56 Å². The van der Waals surface area contributed by atoms with Gasteiger partial charge in [0, 0.05) is 25.7 Å². The second-order valence-electron chi connectivity index (χ2n) is 6.11.